The van der Waals surface area contributed by atoms with Crippen LogP contribution in [0.4, 0.5) is 5.69 Å². The molecule has 0 radical (unpaired) electrons. The van der Waals surface area contributed by atoms with Gasteiger partial charge in [0.2, 0.25) is 0 Å². The Balaban J connectivity index is 2.05. The van der Waals surface area contributed by atoms with Gasteiger partial charge in [-0.05, 0) is 23.8 Å². The number of thioether (sulfide) groups is 1. The highest BCUT2D eigenvalue weighted by molar-refractivity contribution is 8.26. The van der Waals surface area contributed by atoms with E-state index < -0.39 is 0 Å². The molecule has 1 N–H and O–H groups in total. The summed E-state index contributed by atoms with van der Waals surface area (Å²) in [6, 6.07) is 8.19. The van der Waals surface area contributed by atoms with Crippen molar-refractivity contribution in [1.82, 2.24) is 5.32 Å². The molecule has 3 nitrogen and oxygen atoms in total. The molecule has 1 fully saturated rings. The van der Waals surface area contributed by atoms with Crippen molar-refractivity contribution in [3.8, 4) is 0 Å². The van der Waals surface area contributed by atoms with E-state index in [-0.39, 0.29) is 5.91 Å². The number of nitrogens with zero attached hydrogens (tertiary/aromatic N) is 1. The normalized spacial score (nSPS) is 17.3. The lowest BCUT2D eigenvalue weighted by molar-refractivity contribution is -0.115. The van der Waals surface area contributed by atoms with Crippen molar-refractivity contribution in [3.63, 3.8) is 0 Å². The van der Waals surface area contributed by atoms with Gasteiger partial charge in [0.25, 0.3) is 5.91 Å². The number of thiocarbonyl (C=S) groups is 1. The number of allylic oxidation sites excluding steroid dienone is 2. The smallest absolute Gasteiger partial charge is 0.263 e. The lowest BCUT2D eigenvalue weighted by Crippen LogP contribution is -2.17. The Hall–Kier alpha value is -1.59. The Morgan fingerprint density at radius 2 is 1.95 bits per heavy atom. The summed E-state index contributed by atoms with van der Waals surface area (Å²) in [6.07, 6.45) is 5.60. The fraction of sp³-hybridized carbons (Fsp3) is 0.143. The second-order valence-electron chi connectivity index (χ2n) is 4.22. The highest BCUT2D eigenvalue weighted by atomic mass is 32.2. The number of benzene rings is 1. The number of hydrogen-bond donors (Lipinski definition) is 1. The summed E-state index contributed by atoms with van der Waals surface area (Å²) >= 11 is 6.21. The number of carbonyl (C=O) groups excluding carboxylic acids is 1. The van der Waals surface area contributed by atoms with E-state index in [4.69, 9.17) is 12.2 Å². The van der Waals surface area contributed by atoms with Crippen LogP contribution in [0.1, 0.15) is 5.56 Å². The molecule has 1 heterocycles. The molecular formula is C14H14N2OS2. The molecule has 2 rings (SSSR count). The van der Waals surface area contributed by atoms with Crippen molar-refractivity contribution in [2.75, 3.05) is 19.0 Å². The van der Waals surface area contributed by atoms with E-state index in [1.807, 2.05) is 38.4 Å². The molecule has 1 aliphatic heterocycles. The average molecular weight is 290 g/mol. The largest absolute Gasteiger partial charge is 0.378 e. The predicted octanol–water partition coefficient (Wildman–Crippen LogP) is 2.80. The van der Waals surface area contributed by atoms with Crippen molar-refractivity contribution in [3.05, 3.63) is 46.9 Å². The van der Waals surface area contributed by atoms with Gasteiger partial charge in [-0.15, -0.1) is 0 Å². The van der Waals surface area contributed by atoms with Gasteiger partial charge in [-0.3, -0.25) is 4.79 Å². The molecule has 0 aliphatic carbocycles. The average Bonchev–Trinajstić information content (AvgIpc) is 2.68. The first-order valence-electron chi connectivity index (χ1n) is 5.75. The van der Waals surface area contributed by atoms with Crippen LogP contribution in [0.15, 0.2) is 41.3 Å². The van der Waals surface area contributed by atoms with Gasteiger partial charge in [0, 0.05) is 19.8 Å². The maximum atomic E-state index is 11.4. The number of amides is 1. The maximum Gasteiger partial charge on any atom is 0.263 e. The first-order valence-corrected chi connectivity index (χ1v) is 6.97. The molecule has 19 heavy (non-hydrogen) atoms. The van der Waals surface area contributed by atoms with Crippen LogP contribution in [0.3, 0.4) is 0 Å². The van der Waals surface area contributed by atoms with Crippen LogP contribution in [-0.4, -0.2) is 24.3 Å². The number of rotatable bonds is 3. The highest BCUT2D eigenvalue weighted by Crippen LogP contribution is 2.23. The molecule has 1 saturated heterocycles. The van der Waals surface area contributed by atoms with E-state index in [0.29, 0.717) is 9.23 Å². The fourth-order valence-corrected chi connectivity index (χ4v) is 2.56. The molecule has 1 aliphatic rings. The first-order chi connectivity index (χ1) is 9.06. The van der Waals surface area contributed by atoms with Crippen LogP contribution in [0.2, 0.25) is 0 Å². The summed E-state index contributed by atoms with van der Waals surface area (Å²) in [4.78, 5) is 14.1. The van der Waals surface area contributed by atoms with Crippen LogP contribution in [0, 0.1) is 0 Å². The third-order valence-electron chi connectivity index (χ3n) is 2.59. The molecule has 1 aromatic carbocycles. The van der Waals surface area contributed by atoms with E-state index in [9.17, 15) is 4.79 Å². The standard InChI is InChI=1S/C14H14N2OS2/c1-16(2)11-8-6-10(7-9-11)4-3-5-12-13(17)15-14(18)19-12/h3-9H,1-2H3,(H,15,17,18)/b4-3+,12-5+. The zero-order valence-corrected chi connectivity index (χ0v) is 12.3. The molecule has 0 unspecified atom stereocenters. The second kappa shape index (κ2) is 6.04. The van der Waals surface area contributed by atoms with Crippen molar-refractivity contribution in [2.45, 2.75) is 0 Å². The van der Waals surface area contributed by atoms with Crippen molar-refractivity contribution < 1.29 is 4.79 Å². The Morgan fingerprint density at radius 3 is 2.47 bits per heavy atom. The van der Waals surface area contributed by atoms with Crippen molar-refractivity contribution in [2.24, 2.45) is 0 Å². The molecule has 0 atom stereocenters. The number of anilines is 1. The fourth-order valence-electron chi connectivity index (χ4n) is 1.57. The van der Waals surface area contributed by atoms with Gasteiger partial charge in [0.1, 0.15) is 4.32 Å². The molecule has 1 aromatic rings. The van der Waals surface area contributed by atoms with Gasteiger partial charge in [0.15, 0.2) is 0 Å². The third-order valence-corrected chi connectivity index (χ3v) is 3.77. The molecule has 0 saturated carbocycles. The van der Waals surface area contributed by atoms with Crippen LogP contribution < -0.4 is 10.2 Å². The minimum absolute atomic E-state index is 0.123. The third kappa shape index (κ3) is 3.68. The van der Waals surface area contributed by atoms with Gasteiger partial charge in [-0.25, -0.2) is 0 Å². The zero-order valence-electron chi connectivity index (χ0n) is 10.7. The second-order valence-corrected chi connectivity index (χ2v) is 5.94. The van der Waals surface area contributed by atoms with Crippen LogP contribution >= 0.6 is 24.0 Å². The summed E-state index contributed by atoms with van der Waals surface area (Å²) < 4.78 is 0.514. The number of nitrogens with one attached hydrogen (secondary N) is 1. The van der Waals surface area contributed by atoms with Gasteiger partial charge in [-0.1, -0.05) is 48.3 Å². The summed E-state index contributed by atoms with van der Waals surface area (Å²) in [5.74, 6) is -0.123. The van der Waals surface area contributed by atoms with Crippen LogP contribution in [0.5, 0.6) is 0 Å². The Labute approximate surface area is 122 Å². The minimum Gasteiger partial charge on any atom is -0.378 e. The van der Waals surface area contributed by atoms with E-state index in [2.05, 4.69) is 22.3 Å². The lowest BCUT2D eigenvalue weighted by atomic mass is 10.2. The van der Waals surface area contributed by atoms with E-state index >= 15 is 0 Å². The molecule has 0 spiro atoms. The SMILES string of the molecule is CN(C)c1ccc(/C=C/C=C2/SC(=S)NC2=O)cc1. The van der Waals surface area contributed by atoms with Crippen LogP contribution in [-0.2, 0) is 4.79 Å². The van der Waals surface area contributed by atoms with Crippen molar-refractivity contribution >= 4 is 46.0 Å². The van der Waals surface area contributed by atoms with E-state index in [1.54, 1.807) is 6.08 Å². The maximum absolute atomic E-state index is 11.4. The summed E-state index contributed by atoms with van der Waals surface area (Å²) in [5.41, 5.74) is 2.25. The topological polar surface area (TPSA) is 32.3 Å². The predicted molar refractivity (Wildman–Crippen MR) is 86.2 cm³/mol. The van der Waals surface area contributed by atoms with E-state index in [1.165, 1.54) is 11.8 Å². The molecular weight excluding hydrogens is 276 g/mol. The molecule has 0 aromatic heterocycles. The monoisotopic (exact) mass is 290 g/mol. The number of carbonyl (C=O) groups is 1. The molecule has 1 amide bonds. The molecule has 5 heteroatoms. The highest BCUT2D eigenvalue weighted by Gasteiger charge is 2.20. The van der Waals surface area contributed by atoms with Crippen molar-refractivity contribution in [1.29, 1.82) is 0 Å². The summed E-state index contributed by atoms with van der Waals surface area (Å²) in [6.45, 7) is 0. The van der Waals surface area contributed by atoms with Gasteiger partial charge in [-0.2, -0.15) is 0 Å². The Bertz CT molecular complexity index is 559. The quantitative estimate of drug-likeness (QED) is 0.685. The Morgan fingerprint density at radius 1 is 1.26 bits per heavy atom. The summed E-state index contributed by atoms with van der Waals surface area (Å²) in [7, 11) is 4.02. The van der Waals surface area contributed by atoms with E-state index in [0.717, 1.165) is 11.3 Å². The Kier molecular flexibility index (Phi) is 4.39. The first kappa shape index (κ1) is 13.8. The summed E-state index contributed by atoms with van der Waals surface area (Å²) in [5, 5.41) is 2.58. The van der Waals surface area contributed by atoms with Gasteiger partial charge >= 0.3 is 0 Å². The van der Waals surface area contributed by atoms with Gasteiger partial charge < -0.3 is 10.2 Å². The number of hydrogen-bond acceptors (Lipinski definition) is 4. The minimum atomic E-state index is -0.123. The lowest BCUT2D eigenvalue weighted by Gasteiger charge is -2.11. The van der Waals surface area contributed by atoms with Gasteiger partial charge in [0.05, 0.1) is 4.91 Å². The zero-order chi connectivity index (χ0) is 13.8. The molecule has 0 bridgehead atoms. The van der Waals surface area contributed by atoms with Crippen LogP contribution in [0.25, 0.3) is 6.08 Å². The molecule has 98 valence electrons.